The quantitative estimate of drug-likeness (QED) is 0.465. The van der Waals surface area contributed by atoms with Gasteiger partial charge in [-0.15, -0.1) is 0 Å². The third kappa shape index (κ3) is 0.661. The van der Waals surface area contributed by atoms with Crippen LogP contribution in [0.3, 0.4) is 0 Å². The number of carbonyl (C=O) groups excluding carboxylic acids is 1. The van der Waals surface area contributed by atoms with Gasteiger partial charge in [-0.05, 0) is 6.42 Å². The highest BCUT2D eigenvalue weighted by Gasteiger charge is 2.32. The molecular weight excluding hydrogens is 114 g/mol. The summed E-state index contributed by atoms with van der Waals surface area (Å²) < 4.78 is 0. The molecule has 0 aromatic rings. The smallest absolute Gasteiger partial charge is 0.220 e. The number of carbonyl (C=O) groups is 1. The normalized spacial score (nSPS) is 38.9. The maximum Gasteiger partial charge on any atom is 0.220 e. The maximum absolute atomic E-state index is 10.7. The van der Waals surface area contributed by atoms with Gasteiger partial charge in [0.25, 0.3) is 0 Å². The van der Waals surface area contributed by atoms with Crippen LogP contribution in [-0.4, -0.2) is 11.9 Å². The zero-order chi connectivity index (χ0) is 6.27. The molecule has 1 N–H and O–H groups in total. The van der Waals surface area contributed by atoms with E-state index in [9.17, 15) is 4.79 Å². The first kappa shape index (κ1) is 5.03. The van der Waals surface area contributed by atoms with Crippen LogP contribution in [0.5, 0.6) is 0 Å². The molecule has 2 nitrogen and oxygen atoms in total. The molecule has 1 amide bonds. The van der Waals surface area contributed by atoms with Crippen LogP contribution in [0, 0.1) is 5.92 Å². The molecule has 2 rings (SSSR count). The monoisotopic (exact) mass is 123 g/mol. The fourth-order valence-corrected chi connectivity index (χ4v) is 1.56. The van der Waals surface area contributed by atoms with E-state index in [4.69, 9.17) is 0 Å². The van der Waals surface area contributed by atoms with Crippen molar-refractivity contribution in [3.8, 4) is 0 Å². The summed E-state index contributed by atoms with van der Waals surface area (Å²) in [5.74, 6) is 0.729. The second kappa shape index (κ2) is 1.59. The highest BCUT2D eigenvalue weighted by atomic mass is 16.2. The van der Waals surface area contributed by atoms with Gasteiger partial charge in [0.05, 0.1) is 0 Å². The van der Waals surface area contributed by atoms with Gasteiger partial charge in [-0.3, -0.25) is 4.79 Å². The van der Waals surface area contributed by atoms with Crippen LogP contribution in [0.1, 0.15) is 12.8 Å². The minimum atomic E-state index is 0.217. The van der Waals surface area contributed by atoms with Gasteiger partial charge in [0.15, 0.2) is 0 Å². The van der Waals surface area contributed by atoms with Gasteiger partial charge < -0.3 is 5.32 Å². The molecule has 1 aliphatic carbocycles. The molecular formula is C7H9NO. The number of rotatable bonds is 0. The number of hydrogen-bond donors (Lipinski definition) is 1. The summed E-state index contributed by atoms with van der Waals surface area (Å²) in [6.07, 6.45) is 6.04. The molecule has 2 heteroatoms. The first-order chi connectivity index (χ1) is 4.36. The zero-order valence-corrected chi connectivity index (χ0v) is 5.13. The molecule has 1 saturated heterocycles. The summed E-state index contributed by atoms with van der Waals surface area (Å²) in [5, 5.41) is 2.91. The predicted molar refractivity (Wildman–Crippen MR) is 33.8 cm³/mol. The molecule has 2 aliphatic rings. The van der Waals surface area contributed by atoms with Crippen molar-refractivity contribution in [3.05, 3.63) is 12.2 Å². The Hall–Kier alpha value is -0.790. The summed E-state index contributed by atoms with van der Waals surface area (Å²) >= 11 is 0. The van der Waals surface area contributed by atoms with E-state index in [0.29, 0.717) is 18.4 Å². The summed E-state index contributed by atoms with van der Waals surface area (Å²) in [6, 6.07) is 0.442. The molecule has 2 atom stereocenters. The lowest BCUT2D eigenvalue weighted by atomic mass is 10.1. The molecule has 0 saturated carbocycles. The molecule has 9 heavy (non-hydrogen) atoms. The summed E-state index contributed by atoms with van der Waals surface area (Å²) in [6.45, 7) is 0. The Morgan fingerprint density at radius 3 is 3.33 bits per heavy atom. The average Bonchev–Trinajstić information content (AvgIpc) is 2.22. The highest BCUT2D eigenvalue weighted by Crippen LogP contribution is 2.25. The number of nitrogens with one attached hydrogen (secondary N) is 1. The third-order valence-electron chi connectivity index (χ3n) is 2.06. The fraction of sp³-hybridized carbons (Fsp3) is 0.571. The van der Waals surface area contributed by atoms with Crippen LogP contribution in [0.25, 0.3) is 0 Å². The number of hydrogen-bond acceptors (Lipinski definition) is 1. The van der Waals surface area contributed by atoms with Gasteiger partial charge in [-0.25, -0.2) is 0 Å². The Kier molecular flexibility index (Phi) is 0.891. The third-order valence-corrected chi connectivity index (χ3v) is 2.06. The lowest BCUT2D eigenvalue weighted by Gasteiger charge is -2.04. The van der Waals surface area contributed by atoms with Gasteiger partial charge in [0.1, 0.15) is 0 Å². The van der Waals surface area contributed by atoms with E-state index in [1.807, 2.05) is 0 Å². The Morgan fingerprint density at radius 1 is 1.67 bits per heavy atom. The second-order valence-electron chi connectivity index (χ2n) is 2.71. The fourth-order valence-electron chi connectivity index (χ4n) is 1.56. The molecule has 1 fully saturated rings. The van der Waals surface area contributed by atoms with E-state index >= 15 is 0 Å². The summed E-state index contributed by atoms with van der Waals surface area (Å²) in [4.78, 5) is 10.7. The second-order valence-corrected chi connectivity index (χ2v) is 2.71. The standard InChI is InChI=1S/C7H9NO/c9-7-4-5-2-1-3-6(5)8-7/h1-2,5-6H,3-4H2,(H,8,9)/t5-,6+/m0/s1. The lowest BCUT2D eigenvalue weighted by Crippen LogP contribution is -2.25. The van der Waals surface area contributed by atoms with Crippen molar-refractivity contribution in [2.45, 2.75) is 18.9 Å². The van der Waals surface area contributed by atoms with Crippen LogP contribution < -0.4 is 5.32 Å². The Balaban J connectivity index is 2.17. The van der Waals surface area contributed by atoms with Gasteiger partial charge in [0, 0.05) is 18.4 Å². The summed E-state index contributed by atoms with van der Waals surface area (Å²) in [7, 11) is 0. The molecule has 0 aromatic carbocycles. The van der Waals surface area contributed by atoms with E-state index in [1.165, 1.54) is 0 Å². The van der Waals surface area contributed by atoms with Gasteiger partial charge >= 0.3 is 0 Å². The van der Waals surface area contributed by atoms with Crippen molar-refractivity contribution in [2.24, 2.45) is 5.92 Å². The van der Waals surface area contributed by atoms with Crippen LogP contribution in [0.2, 0.25) is 0 Å². The molecule has 0 unspecified atom stereocenters. The number of fused-ring (bicyclic) bond motifs is 1. The van der Waals surface area contributed by atoms with Crippen molar-refractivity contribution >= 4 is 5.91 Å². The van der Waals surface area contributed by atoms with Crippen LogP contribution in [0.15, 0.2) is 12.2 Å². The molecule has 1 aliphatic heterocycles. The van der Waals surface area contributed by atoms with Crippen molar-refractivity contribution in [1.29, 1.82) is 0 Å². The lowest BCUT2D eigenvalue weighted by molar-refractivity contribution is -0.119. The van der Waals surface area contributed by atoms with Crippen LogP contribution in [-0.2, 0) is 4.79 Å². The van der Waals surface area contributed by atoms with E-state index in [2.05, 4.69) is 17.5 Å². The molecule has 1 heterocycles. The molecule has 0 aromatic heterocycles. The van der Waals surface area contributed by atoms with E-state index in [0.717, 1.165) is 6.42 Å². The summed E-state index contributed by atoms with van der Waals surface area (Å²) in [5.41, 5.74) is 0. The average molecular weight is 123 g/mol. The minimum Gasteiger partial charge on any atom is -0.352 e. The van der Waals surface area contributed by atoms with E-state index < -0.39 is 0 Å². The van der Waals surface area contributed by atoms with Crippen molar-refractivity contribution in [3.63, 3.8) is 0 Å². The van der Waals surface area contributed by atoms with Crippen molar-refractivity contribution in [2.75, 3.05) is 0 Å². The van der Waals surface area contributed by atoms with Crippen LogP contribution in [0.4, 0.5) is 0 Å². The van der Waals surface area contributed by atoms with Gasteiger partial charge in [-0.1, -0.05) is 12.2 Å². The maximum atomic E-state index is 10.7. The van der Waals surface area contributed by atoms with Gasteiger partial charge in [0.2, 0.25) is 5.91 Å². The van der Waals surface area contributed by atoms with Crippen LogP contribution >= 0.6 is 0 Å². The Bertz CT molecular complexity index is 174. The Labute approximate surface area is 53.9 Å². The largest absolute Gasteiger partial charge is 0.352 e. The zero-order valence-electron chi connectivity index (χ0n) is 5.13. The molecule has 48 valence electrons. The first-order valence-electron chi connectivity index (χ1n) is 3.32. The SMILES string of the molecule is O=C1C[C@@H]2C=CC[C@H]2N1. The first-order valence-corrected chi connectivity index (χ1v) is 3.32. The van der Waals surface area contributed by atoms with Crippen molar-refractivity contribution in [1.82, 2.24) is 5.32 Å². The van der Waals surface area contributed by atoms with E-state index in [-0.39, 0.29) is 5.91 Å². The predicted octanol–water partition coefficient (Wildman–Crippen LogP) is 0.451. The molecule has 0 spiro atoms. The Morgan fingerprint density at radius 2 is 2.56 bits per heavy atom. The molecule has 0 radical (unpaired) electrons. The highest BCUT2D eigenvalue weighted by molar-refractivity contribution is 5.79. The van der Waals surface area contributed by atoms with Crippen molar-refractivity contribution < 1.29 is 4.79 Å². The van der Waals surface area contributed by atoms with Gasteiger partial charge in [-0.2, -0.15) is 0 Å². The number of amides is 1. The minimum absolute atomic E-state index is 0.217. The topological polar surface area (TPSA) is 29.1 Å². The molecule has 0 bridgehead atoms. The van der Waals surface area contributed by atoms with E-state index in [1.54, 1.807) is 0 Å².